The van der Waals surface area contributed by atoms with Crippen LogP contribution in [0.5, 0.6) is 0 Å². The number of halogens is 2. The minimum Gasteiger partial charge on any atom is -0.377 e. The standard InChI is InChI=1S/C9H11BrFN/c1-12(2)9-4-3-8(11)5-7(9)6-10/h3-5H,6H2,1-2H3. The van der Waals surface area contributed by atoms with Gasteiger partial charge in [-0.3, -0.25) is 0 Å². The molecule has 0 heterocycles. The monoisotopic (exact) mass is 231 g/mol. The number of rotatable bonds is 2. The zero-order chi connectivity index (χ0) is 9.14. The van der Waals surface area contributed by atoms with Crippen LogP contribution in [-0.4, -0.2) is 14.1 Å². The van der Waals surface area contributed by atoms with Crippen molar-refractivity contribution in [1.29, 1.82) is 0 Å². The van der Waals surface area contributed by atoms with Crippen molar-refractivity contribution in [3.8, 4) is 0 Å². The van der Waals surface area contributed by atoms with Crippen LogP contribution >= 0.6 is 15.9 Å². The molecule has 0 spiro atoms. The topological polar surface area (TPSA) is 3.24 Å². The van der Waals surface area contributed by atoms with Gasteiger partial charge < -0.3 is 4.90 Å². The first-order valence-electron chi connectivity index (χ1n) is 3.67. The molecular formula is C9H11BrFN. The lowest BCUT2D eigenvalue weighted by atomic mass is 10.2. The summed E-state index contributed by atoms with van der Waals surface area (Å²) in [5.41, 5.74) is 2.02. The van der Waals surface area contributed by atoms with E-state index < -0.39 is 0 Å². The van der Waals surface area contributed by atoms with Gasteiger partial charge in [0.1, 0.15) is 5.82 Å². The average Bonchev–Trinajstić information content (AvgIpc) is 2.03. The summed E-state index contributed by atoms with van der Waals surface area (Å²) in [6.45, 7) is 0. The van der Waals surface area contributed by atoms with Crippen molar-refractivity contribution in [3.63, 3.8) is 0 Å². The van der Waals surface area contributed by atoms with Gasteiger partial charge in [0, 0.05) is 25.1 Å². The quantitative estimate of drug-likeness (QED) is 0.708. The van der Waals surface area contributed by atoms with Crippen LogP contribution in [0, 0.1) is 5.82 Å². The van der Waals surface area contributed by atoms with Gasteiger partial charge in [0.2, 0.25) is 0 Å². The summed E-state index contributed by atoms with van der Waals surface area (Å²) in [6, 6.07) is 4.80. The fraction of sp³-hybridized carbons (Fsp3) is 0.333. The molecule has 0 atom stereocenters. The molecule has 0 fully saturated rings. The molecule has 0 aliphatic rings. The Balaban J connectivity index is 3.11. The Bertz CT molecular complexity index is 273. The predicted octanol–water partition coefficient (Wildman–Crippen LogP) is 2.79. The summed E-state index contributed by atoms with van der Waals surface area (Å²) in [4.78, 5) is 1.97. The van der Waals surface area contributed by atoms with Crippen LogP contribution in [0.1, 0.15) is 5.56 Å². The second-order valence-corrected chi connectivity index (χ2v) is 3.36. The average molecular weight is 232 g/mol. The Hall–Kier alpha value is -0.570. The maximum absolute atomic E-state index is 12.8. The highest BCUT2D eigenvalue weighted by atomic mass is 79.9. The molecule has 0 radical (unpaired) electrons. The molecule has 1 aromatic rings. The van der Waals surface area contributed by atoms with Crippen molar-refractivity contribution < 1.29 is 4.39 Å². The normalized spacial score (nSPS) is 10.0. The first-order chi connectivity index (χ1) is 5.65. The molecule has 0 unspecified atom stereocenters. The van der Waals surface area contributed by atoms with E-state index in [1.165, 1.54) is 6.07 Å². The van der Waals surface area contributed by atoms with Crippen LogP contribution in [0.15, 0.2) is 18.2 Å². The van der Waals surface area contributed by atoms with E-state index in [-0.39, 0.29) is 5.82 Å². The second kappa shape index (κ2) is 3.90. The van der Waals surface area contributed by atoms with Crippen LogP contribution in [0.2, 0.25) is 0 Å². The molecule has 0 saturated heterocycles. The molecule has 0 amide bonds. The molecule has 0 aromatic heterocycles. The van der Waals surface area contributed by atoms with Crippen LogP contribution in [0.4, 0.5) is 10.1 Å². The number of nitrogens with zero attached hydrogens (tertiary/aromatic N) is 1. The molecule has 66 valence electrons. The molecule has 1 aromatic carbocycles. The van der Waals surface area contributed by atoms with Crippen molar-refractivity contribution in [1.82, 2.24) is 0 Å². The van der Waals surface area contributed by atoms with Crippen molar-refractivity contribution in [2.24, 2.45) is 0 Å². The third-order valence-corrected chi connectivity index (χ3v) is 2.27. The van der Waals surface area contributed by atoms with Gasteiger partial charge in [-0.2, -0.15) is 0 Å². The molecule has 3 heteroatoms. The van der Waals surface area contributed by atoms with Gasteiger partial charge in [-0.25, -0.2) is 4.39 Å². The SMILES string of the molecule is CN(C)c1ccc(F)cc1CBr. The minimum atomic E-state index is -0.185. The second-order valence-electron chi connectivity index (χ2n) is 2.80. The number of alkyl halides is 1. The fourth-order valence-corrected chi connectivity index (χ4v) is 1.55. The first kappa shape index (κ1) is 9.52. The molecule has 1 rings (SSSR count). The molecule has 1 nitrogen and oxygen atoms in total. The van der Waals surface area contributed by atoms with E-state index in [4.69, 9.17) is 0 Å². The van der Waals surface area contributed by atoms with Gasteiger partial charge in [0.05, 0.1) is 0 Å². The fourth-order valence-electron chi connectivity index (χ4n) is 1.10. The summed E-state index contributed by atoms with van der Waals surface area (Å²) in [6.07, 6.45) is 0. The third-order valence-electron chi connectivity index (χ3n) is 1.67. The summed E-state index contributed by atoms with van der Waals surface area (Å²) in [5, 5.41) is 0.679. The Morgan fingerprint density at radius 3 is 2.58 bits per heavy atom. The van der Waals surface area contributed by atoms with E-state index in [0.717, 1.165) is 11.3 Å². The van der Waals surface area contributed by atoms with Crippen LogP contribution in [0.3, 0.4) is 0 Å². The highest BCUT2D eigenvalue weighted by molar-refractivity contribution is 9.08. The molecule has 12 heavy (non-hydrogen) atoms. The van der Waals surface area contributed by atoms with Gasteiger partial charge in [-0.1, -0.05) is 15.9 Å². The van der Waals surface area contributed by atoms with E-state index in [1.54, 1.807) is 12.1 Å². The Morgan fingerprint density at radius 1 is 1.42 bits per heavy atom. The van der Waals surface area contributed by atoms with Gasteiger partial charge in [-0.05, 0) is 23.8 Å². The van der Waals surface area contributed by atoms with Gasteiger partial charge in [0.15, 0.2) is 0 Å². The van der Waals surface area contributed by atoms with Crippen LogP contribution < -0.4 is 4.90 Å². The zero-order valence-corrected chi connectivity index (χ0v) is 8.73. The van der Waals surface area contributed by atoms with E-state index in [0.29, 0.717) is 5.33 Å². The summed E-state index contributed by atoms with van der Waals surface area (Å²) < 4.78 is 12.8. The molecule has 0 saturated carbocycles. The van der Waals surface area contributed by atoms with Gasteiger partial charge in [0.25, 0.3) is 0 Å². The largest absolute Gasteiger partial charge is 0.377 e. The smallest absolute Gasteiger partial charge is 0.123 e. The molecule has 0 bridgehead atoms. The Labute approximate surface area is 80.3 Å². The van der Waals surface area contributed by atoms with E-state index >= 15 is 0 Å². The number of hydrogen-bond donors (Lipinski definition) is 0. The van der Waals surface area contributed by atoms with Crippen molar-refractivity contribution >= 4 is 21.6 Å². The minimum absolute atomic E-state index is 0.185. The van der Waals surface area contributed by atoms with Crippen LogP contribution in [0.25, 0.3) is 0 Å². The number of hydrogen-bond acceptors (Lipinski definition) is 1. The first-order valence-corrected chi connectivity index (χ1v) is 4.79. The molecule has 0 aliphatic carbocycles. The number of benzene rings is 1. The molecule has 0 aliphatic heterocycles. The third kappa shape index (κ3) is 1.97. The molecule has 0 N–H and O–H groups in total. The van der Waals surface area contributed by atoms with Gasteiger partial charge >= 0.3 is 0 Å². The lowest BCUT2D eigenvalue weighted by Gasteiger charge is -2.15. The van der Waals surface area contributed by atoms with Crippen molar-refractivity contribution in [3.05, 3.63) is 29.6 Å². The van der Waals surface area contributed by atoms with Crippen molar-refractivity contribution in [2.75, 3.05) is 19.0 Å². The predicted molar refractivity (Wildman–Crippen MR) is 53.4 cm³/mol. The van der Waals surface area contributed by atoms with Gasteiger partial charge in [-0.15, -0.1) is 0 Å². The zero-order valence-electron chi connectivity index (χ0n) is 7.14. The highest BCUT2D eigenvalue weighted by Gasteiger charge is 2.03. The van der Waals surface area contributed by atoms with E-state index in [9.17, 15) is 4.39 Å². The number of anilines is 1. The maximum atomic E-state index is 12.8. The molecular weight excluding hydrogens is 221 g/mol. The summed E-state index contributed by atoms with van der Waals surface area (Å²) in [5.74, 6) is -0.185. The summed E-state index contributed by atoms with van der Waals surface area (Å²) in [7, 11) is 3.89. The van der Waals surface area contributed by atoms with E-state index in [1.807, 2.05) is 19.0 Å². The van der Waals surface area contributed by atoms with Crippen LogP contribution in [-0.2, 0) is 5.33 Å². The van der Waals surface area contributed by atoms with E-state index in [2.05, 4.69) is 15.9 Å². The maximum Gasteiger partial charge on any atom is 0.123 e. The Morgan fingerprint density at radius 2 is 2.08 bits per heavy atom. The van der Waals surface area contributed by atoms with Crippen molar-refractivity contribution in [2.45, 2.75) is 5.33 Å². The summed E-state index contributed by atoms with van der Waals surface area (Å²) >= 11 is 3.32. The highest BCUT2D eigenvalue weighted by Crippen LogP contribution is 2.21. The lowest BCUT2D eigenvalue weighted by molar-refractivity contribution is 0.626. The lowest BCUT2D eigenvalue weighted by Crippen LogP contribution is -2.10. The Kier molecular flexibility index (Phi) is 3.09.